The summed E-state index contributed by atoms with van der Waals surface area (Å²) in [4.78, 5) is 12.0. The molecule has 0 bridgehead atoms. The molecule has 0 saturated carbocycles. The Morgan fingerprint density at radius 2 is 1.75 bits per heavy atom. The standard InChI is InChI=1S/C19H23NO4/c1-14-5-4-6-18(15(14)2)24-13-19(21)20-16-7-9-17(10-8-16)23-12-11-22-3/h4-10H,11-13H2,1-3H3,(H,20,21). The van der Waals surface area contributed by atoms with Crippen LogP contribution in [0.15, 0.2) is 42.5 Å². The fourth-order valence-electron chi connectivity index (χ4n) is 2.10. The van der Waals surface area contributed by atoms with Crippen LogP contribution in [-0.4, -0.2) is 32.8 Å². The highest BCUT2D eigenvalue weighted by atomic mass is 16.5. The highest BCUT2D eigenvalue weighted by Gasteiger charge is 2.07. The summed E-state index contributed by atoms with van der Waals surface area (Å²) in [7, 11) is 1.63. The molecule has 0 aromatic heterocycles. The summed E-state index contributed by atoms with van der Waals surface area (Å²) in [6.45, 7) is 4.99. The Bertz CT molecular complexity index is 668. The van der Waals surface area contributed by atoms with Crippen molar-refractivity contribution in [1.29, 1.82) is 0 Å². The Morgan fingerprint density at radius 3 is 2.46 bits per heavy atom. The Balaban J connectivity index is 1.82. The van der Waals surface area contributed by atoms with Gasteiger partial charge in [0, 0.05) is 12.8 Å². The van der Waals surface area contributed by atoms with Crippen LogP contribution in [0.4, 0.5) is 5.69 Å². The molecule has 2 aromatic carbocycles. The molecule has 0 aliphatic rings. The fraction of sp³-hybridized carbons (Fsp3) is 0.316. The molecule has 5 nitrogen and oxygen atoms in total. The van der Waals surface area contributed by atoms with Crippen LogP contribution in [0.1, 0.15) is 11.1 Å². The molecule has 0 aliphatic heterocycles. The van der Waals surface area contributed by atoms with E-state index in [9.17, 15) is 4.79 Å². The topological polar surface area (TPSA) is 56.8 Å². The second kappa shape index (κ2) is 8.93. The smallest absolute Gasteiger partial charge is 0.262 e. The summed E-state index contributed by atoms with van der Waals surface area (Å²) in [6.07, 6.45) is 0. The number of nitrogens with one attached hydrogen (secondary N) is 1. The monoisotopic (exact) mass is 329 g/mol. The van der Waals surface area contributed by atoms with Crippen LogP contribution in [0, 0.1) is 13.8 Å². The number of aryl methyl sites for hydroxylation is 1. The summed E-state index contributed by atoms with van der Waals surface area (Å²) < 4.78 is 16.0. The lowest BCUT2D eigenvalue weighted by Gasteiger charge is -2.11. The molecule has 0 spiro atoms. The number of rotatable bonds is 8. The van der Waals surface area contributed by atoms with Gasteiger partial charge in [-0.1, -0.05) is 12.1 Å². The quantitative estimate of drug-likeness (QED) is 0.755. The highest BCUT2D eigenvalue weighted by Crippen LogP contribution is 2.20. The van der Waals surface area contributed by atoms with Crippen molar-refractivity contribution in [1.82, 2.24) is 0 Å². The molecule has 1 N–H and O–H groups in total. The van der Waals surface area contributed by atoms with Crippen molar-refractivity contribution in [2.45, 2.75) is 13.8 Å². The minimum absolute atomic E-state index is 0.0314. The van der Waals surface area contributed by atoms with Gasteiger partial charge in [0.2, 0.25) is 0 Å². The molecule has 0 saturated heterocycles. The summed E-state index contributed by atoms with van der Waals surface area (Å²) >= 11 is 0. The average molecular weight is 329 g/mol. The van der Waals surface area contributed by atoms with Gasteiger partial charge in [0.15, 0.2) is 6.61 Å². The van der Waals surface area contributed by atoms with Crippen molar-refractivity contribution < 1.29 is 19.0 Å². The van der Waals surface area contributed by atoms with Crippen LogP contribution < -0.4 is 14.8 Å². The maximum Gasteiger partial charge on any atom is 0.262 e. The molecule has 0 radical (unpaired) electrons. The molecule has 0 fully saturated rings. The lowest BCUT2D eigenvalue weighted by atomic mass is 10.1. The second-order valence-electron chi connectivity index (χ2n) is 5.40. The van der Waals surface area contributed by atoms with E-state index >= 15 is 0 Å². The molecular formula is C19H23NO4. The van der Waals surface area contributed by atoms with Gasteiger partial charge in [0.25, 0.3) is 5.91 Å². The fourth-order valence-corrected chi connectivity index (χ4v) is 2.10. The first kappa shape index (κ1) is 17.8. The van der Waals surface area contributed by atoms with Crippen LogP contribution in [0.2, 0.25) is 0 Å². The number of ether oxygens (including phenoxy) is 3. The van der Waals surface area contributed by atoms with Crippen LogP contribution in [0.3, 0.4) is 0 Å². The predicted octanol–water partition coefficient (Wildman–Crippen LogP) is 3.35. The van der Waals surface area contributed by atoms with Gasteiger partial charge in [-0.3, -0.25) is 4.79 Å². The highest BCUT2D eigenvalue weighted by molar-refractivity contribution is 5.91. The van der Waals surface area contributed by atoms with Gasteiger partial charge in [-0.2, -0.15) is 0 Å². The van der Waals surface area contributed by atoms with E-state index in [2.05, 4.69) is 5.32 Å². The normalized spacial score (nSPS) is 10.3. The number of methoxy groups -OCH3 is 1. The lowest BCUT2D eigenvalue weighted by molar-refractivity contribution is -0.118. The average Bonchev–Trinajstić information content (AvgIpc) is 2.58. The summed E-state index contributed by atoms with van der Waals surface area (Å²) in [6, 6.07) is 13.0. The number of hydrogen-bond acceptors (Lipinski definition) is 4. The lowest BCUT2D eigenvalue weighted by Crippen LogP contribution is -2.20. The predicted molar refractivity (Wildman–Crippen MR) is 93.9 cm³/mol. The first-order valence-electron chi connectivity index (χ1n) is 7.81. The van der Waals surface area contributed by atoms with Crippen molar-refractivity contribution in [2.75, 3.05) is 32.2 Å². The van der Waals surface area contributed by atoms with E-state index in [4.69, 9.17) is 14.2 Å². The number of benzene rings is 2. The zero-order chi connectivity index (χ0) is 17.4. The van der Waals surface area contributed by atoms with Crippen molar-refractivity contribution in [3.05, 3.63) is 53.6 Å². The minimum atomic E-state index is -0.205. The van der Waals surface area contributed by atoms with Crippen LogP contribution in [-0.2, 0) is 9.53 Å². The van der Waals surface area contributed by atoms with Crippen molar-refractivity contribution in [3.8, 4) is 11.5 Å². The third-order valence-corrected chi connectivity index (χ3v) is 3.61. The minimum Gasteiger partial charge on any atom is -0.491 e. The first-order valence-corrected chi connectivity index (χ1v) is 7.81. The van der Waals surface area contributed by atoms with E-state index in [1.54, 1.807) is 31.4 Å². The molecule has 24 heavy (non-hydrogen) atoms. The number of carbonyl (C=O) groups is 1. The number of amides is 1. The Labute approximate surface area is 142 Å². The molecule has 2 aromatic rings. The van der Waals surface area contributed by atoms with Gasteiger partial charge >= 0.3 is 0 Å². The van der Waals surface area contributed by atoms with Crippen LogP contribution in [0.5, 0.6) is 11.5 Å². The molecule has 1 amide bonds. The van der Waals surface area contributed by atoms with E-state index in [1.165, 1.54) is 0 Å². The largest absolute Gasteiger partial charge is 0.491 e. The zero-order valence-corrected chi connectivity index (χ0v) is 14.3. The second-order valence-corrected chi connectivity index (χ2v) is 5.40. The molecule has 0 atom stereocenters. The molecule has 0 heterocycles. The maximum atomic E-state index is 12.0. The van der Waals surface area contributed by atoms with Gasteiger partial charge in [0.1, 0.15) is 18.1 Å². The first-order chi connectivity index (χ1) is 11.6. The Hall–Kier alpha value is -2.53. The van der Waals surface area contributed by atoms with Crippen molar-refractivity contribution >= 4 is 11.6 Å². The van der Waals surface area contributed by atoms with Crippen LogP contribution in [0.25, 0.3) is 0 Å². The van der Waals surface area contributed by atoms with E-state index in [1.807, 2.05) is 32.0 Å². The van der Waals surface area contributed by atoms with Gasteiger partial charge in [-0.25, -0.2) is 0 Å². The Kier molecular flexibility index (Phi) is 6.63. The molecule has 128 valence electrons. The zero-order valence-electron chi connectivity index (χ0n) is 14.3. The molecule has 0 unspecified atom stereocenters. The third-order valence-electron chi connectivity index (χ3n) is 3.61. The number of hydrogen-bond donors (Lipinski definition) is 1. The van der Waals surface area contributed by atoms with Gasteiger partial charge < -0.3 is 19.5 Å². The van der Waals surface area contributed by atoms with E-state index in [0.29, 0.717) is 18.9 Å². The van der Waals surface area contributed by atoms with Gasteiger partial charge in [-0.15, -0.1) is 0 Å². The van der Waals surface area contributed by atoms with E-state index < -0.39 is 0 Å². The third kappa shape index (κ3) is 5.28. The number of carbonyl (C=O) groups excluding carboxylic acids is 1. The van der Waals surface area contributed by atoms with Crippen molar-refractivity contribution in [3.63, 3.8) is 0 Å². The molecule has 2 rings (SSSR count). The molecule has 0 aliphatic carbocycles. The van der Waals surface area contributed by atoms with Crippen molar-refractivity contribution in [2.24, 2.45) is 0 Å². The summed E-state index contributed by atoms with van der Waals surface area (Å²) in [5, 5.41) is 2.80. The SMILES string of the molecule is COCCOc1ccc(NC(=O)COc2cccc(C)c2C)cc1. The summed E-state index contributed by atoms with van der Waals surface area (Å²) in [5.74, 6) is 1.26. The van der Waals surface area contributed by atoms with E-state index in [0.717, 1.165) is 22.6 Å². The molecule has 5 heteroatoms. The molecular weight excluding hydrogens is 306 g/mol. The number of anilines is 1. The van der Waals surface area contributed by atoms with Gasteiger partial charge in [-0.05, 0) is 55.3 Å². The van der Waals surface area contributed by atoms with Gasteiger partial charge in [0.05, 0.1) is 6.61 Å². The maximum absolute atomic E-state index is 12.0. The van der Waals surface area contributed by atoms with E-state index in [-0.39, 0.29) is 12.5 Å². The summed E-state index contributed by atoms with van der Waals surface area (Å²) in [5.41, 5.74) is 2.88. The Morgan fingerprint density at radius 1 is 1.00 bits per heavy atom. The van der Waals surface area contributed by atoms with Crippen LogP contribution >= 0.6 is 0 Å².